The van der Waals surface area contributed by atoms with Gasteiger partial charge in [-0.2, -0.15) is 0 Å². The predicted molar refractivity (Wildman–Crippen MR) is 399 cm³/mol. The number of ketones is 3. The zero-order chi connectivity index (χ0) is 77.5. The molecule has 108 heavy (non-hydrogen) atoms. The van der Waals surface area contributed by atoms with Crippen molar-refractivity contribution in [2.45, 2.75) is 87.6 Å². The Balaban J connectivity index is 0.000000157. The van der Waals surface area contributed by atoms with Crippen LogP contribution >= 0.6 is 78.3 Å². The fourth-order valence-electron chi connectivity index (χ4n) is 10.4. The third kappa shape index (κ3) is 25.2. The first-order valence-corrected chi connectivity index (χ1v) is 35.9. The van der Waals surface area contributed by atoms with Crippen molar-refractivity contribution in [1.82, 2.24) is 49.0 Å². The summed E-state index contributed by atoms with van der Waals surface area (Å²) in [4.78, 5) is 104. The van der Waals surface area contributed by atoms with Crippen LogP contribution in [0.2, 0.25) is 0 Å². The molecule has 0 unspecified atom stereocenters. The van der Waals surface area contributed by atoms with E-state index in [-0.39, 0.29) is 59.5 Å². The maximum atomic E-state index is 13.1. The number of halogens is 12. The normalized spacial score (nSPS) is 13.2. The summed E-state index contributed by atoms with van der Waals surface area (Å²) in [7, 11) is -1.47. The van der Waals surface area contributed by atoms with Crippen molar-refractivity contribution in [2.24, 2.45) is 17.8 Å². The molecule has 3 aliphatic rings. The van der Waals surface area contributed by atoms with Crippen LogP contribution in [0.4, 0.5) is 43.4 Å². The van der Waals surface area contributed by atoms with Gasteiger partial charge in [0.2, 0.25) is 0 Å². The maximum Gasteiger partial charge on any atom is 0.491 e. The van der Waals surface area contributed by atoms with Gasteiger partial charge in [0, 0.05) is 138 Å². The van der Waals surface area contributed by atoms with Gasteiger partial charge in [0.15, 0.2) is 11.6 Å². The van der Waals surface area contributed by atoms with Crippen LogP contribution in [0.15, 0.2) is 175 Å². The minimum atomic E-state index is -3.83. The lowest BCUT2D eigenvalue weighted by Gasteiger charge is -2.12. The second-order valence-corrected chi connectivity index (χ2v) is 28.0. The number of imidazole rings is 3. The first kappa shape index (κ1) is 80.9. The van der Waals surface area contributed by atoms with E-state index < -0.39 is 35.6 Å². The number of fused-ring (bicyclic) bond motifs is 3. The first-order chi connectivity index (χ1) is 51.4. The summed E-state index contributed by atoms with van der Waals surface area (Å²) in [5.41, 5.74) is -3.57. The van der Waals surface area contributed by atoms with E-state index >= 15 is 0 Å². The van der Waals surface area contributed by atoms with Crippen molar-refractivity contribution in [3.8, 4) is 28.4 Å². The molecule has 37 heteroatoms. The molecular formula is C71H60BBr2Cl4F6N13O11. The van der Waals surface area contributed by atoms with Crippen LogP contribution in [0.25, 0.3) is 44.2 Å². The molecule has 0 bridgehead atoms. The van der Waals surface area contributed by atoms with Gasteiger partial charge in [0.1, 0.15) is 41.2 Å². The summed E-state index contributed by atoms with van der Waals surface area (Å²) in [6.45, 7) is 0.432. The average Bonchev–Trinajstić information content (AvgIpc) is 1.65. The third-order valence-corrected chi connectivity index (χ3v) is 17.7. The summed E-state index contributed by atoms with van der Waals surface area (Å²) in [5.74, 6) is 0.799. The zero-order valence-electron chi connectivity index (χ0n) is 56.0. The van der Waals surface area contributed by atoms with Gasteiger partial charge >= 0.3 is 23.8 Å². The number of nitrogens with one attached hydrogen (secondary N) is 4. The number of amides is 3. The number of aromatic amines is 1. The molecule has 0 radical (unpaired) electrons. The summed E-state index contributed by atoms with van der Waals surface area (Å²) in [6.07, 6.45) is 22.1. The number of hydrogen-bond donors (Lipinski definition) is 6. The molecule has 0 aliphatic heterocycles. The number of ether oxygens (including phenoxy) is 3. The van der Waals surface area contributed by atoms with E-state index in [0.717, 1.165) is 43.1 Å². The number of hydrogen-bond acceptors (Lipinski definition) is 18. The van der Waals surface area contributed by atoms with Crippen LogP contribution in [0.5, 0.6) is 17.2 Å². The molecule has 24 nitrogen and oxygen atoms in total. The van der Waals surface area contributed by atoms with E-state index in [1.54, 1.807) is 70.6 Å². The van der Waals surface area contributed by atoms with E-state index in [0.29, 0.717) is 112 Å². The Labute approximate surface area is 647 Å². The lowest BCUT2D eigenvalue weighted by Crippen LogP contribution is -2.30. The van der Waals surface area contributed by atoms with Crippen LogP contribution in [0, 0.1) is 17.8 Å². The van der Waals surface area contributed by atoms with Gasteiger partial charge in [-0.1, -0.05) is 0 Å². The molecule has 0 saturated heterocycles. The smallest absolute Gasteiger partial charge is 0.423 e. The van der Waals surface area contributed by atoms with Crippen molar-refractivity contribution in [1.29, 1.82) is 0 Å². The summed E-state index contributed by atoms with van der Waals surface area (Å²) < 4.78 is 93.7. The Kier molecular flexibility index (Phi) is 27.4. The second kappa shape index (κ2) is 36.5. The molecule has 0 spiro atoms. The lowest BCUT2D eigenvalue weighted by molar-refractivity contribution is -0.120. The Morgan fingerprint density at radius 2 is 0.898 bits per heavy atom. The first-order valence-electron chi connectivity index (χ1n) is 32.6. The van der Waals surface area contributed by atoms with E-state index in [2.05, 4.69) is 113 Å². The number of aromatic nitrogens is 10. The highest BCUT2D eigenvalue weighted by Crippen LogP contribution is 2.37. The lowest BCUT2D eigenvalue weighted by atomic mass is 9.83. The highest BCUT2D eigenvalue weighted by Gasteiger charge is 2.31. The number of benzene rings is 6. The summed E-state index contributed by atoms with van der Waals surface area (Å²) in [6, 6.07) is 26.1. The molecule has 11 aromatic rings. The van der Waals surface area contributed by atoms with E-state index in [4.69, 9.17) is 44.9 Å². The van der Waals surface area contributed by atoms with Crippen molar-refractivity contribution < 1.29 is 79.4 Å². The Bertz CT molecular complexity index is 4980. The molecule has 3 aliphatic carbocycles. The molecule has 6 aromatic carbocycles. The van der Waals surface area contributed by atoms with Crippen molar-refractivity contribution in [2.75, 3.05) is 21.8 Å². The highest BCUT2D eigenvalue weighted by atomic mass is 79.9. The molecule has 6 N–H and O–H groups in total. The van der Waals surface area contributed by atoms with Crippen molar-refractivity contribution in [3.05, 3.63) is 191 Å². The maximum absolute atomic E-state index is 13.1. The van der Waals surface area contributed by atoms with Gasteiger partial charge in [0.05, 0.1) is 65.5 Å². The molecule has 562 valence electrons. The van der Waals surface area contributed by atoms with Crippen LogP contribution in [0.1, 0.15) is 88.9 Å². The number of carbonyl (C=O) groups is 6. The average molecular weight is 1700 g/mol. The van der Waals surface area contributed by atoms with Crippen LogP contribution < -0.4 is 35.6 Å². The Hall–Kier alpha value is -9.61. The quantitative estimate of drug-likeness (QED) is 0.0176. The van der Waals surface area contributed by atoms with E-state index in [1.807, 2.05) is 0 Å². The predicted octanol–water partition coefficient (Wildman–Crippen LogP) is 15.4. The topological polar surface area (TPSA) is 323 Å². The van der Waals surface area contributed by atoms with Crippen molar-refractivity contribution in [3.63, 3.8) is 0 Å². The summed E-state index contributed by atoms with van der Waals surface area (Å²) >= 11 is 26.3. The highest BCUT2D eigenvalue weighted by molar-refractivity contribution is 9.11. The largest absolute Gasteiger partial charge is 0.491 e. The SMILES string of the molecule is O=C(CC1CC1)Cn1cnc2cc(C(=O)Nc3ccc(OC(F)(F)Cl)cc3)cc(-c3cncnc3)c21.O=C(CC1CC1)Cn1cnc2cc(C(=O)Nc3ccc(OC(F)(F)Cl)cc3)cc(Br)c21.O=C(CCl)CC1CC1.O=C(Nc1ccc(OC(F)(F)Cl)cc1)c1cc(Br)c2nc[nH]c2c1.OB(O)c1cncnc1. The van der Waals surface area contributed by atoms with Gasteiger partial charge in [-0.25, -0.2) is 34.9 Å². The van der Waals surface area contributed by atoms with Gasteiger partial charge in [0.25, 0.3) is 17.7 Å². The molecule has 14 rings (SSSR count). The van der Waals surface area contributed by atoms with Crippen LogP contribution in [-0.4, -0.2) is 124 Å². The number of carbonyl (C=O) groups excluding carboxylic acids is 6. The molecule has 5 aromatic heterocycles. The van der Waals surface area contributed by atoms with E-state index in [1.165, 1.54) is 117 Å². The number of anilines is 3. The summed E-state index contributed by atoms with van der Waals surface area (Å²) in [5, 5.41) is 25.1. The molecule has 3 fully saturated rings. The fourth-order valence-corrected chi connectivity index (χ4v) is 12.0. The van der Waals surface area contributed by atoms with Gasteiger partial charge < -0.3 is 54.3 Å². The van der Waals surface area contributed by atoms with Crippen LogP contribution in [-0.2, 0) is 27.5 Å². The minimum absolute atomic E-state index is 0.116. The minimum Gasteiger partial charge on any atom is -0.423 e. The number of H-pyrrole nitrogens is 1. The molecule has 5 heterocycles. The molecule has 3 amide bonds. The van der Waals surface area contributed by atoms with E-state index in [9.17, 15) is 55.1 Å². The molecule has 0 atom stereocenters. The van der Waals surface area contributed by atoms with Gasteiger partial charge in [-0.05, 0) is 197 Å². The standard InChI is InChI=1S/C25H20ClF2N5O3.C21H17BrClF2N3O3.C15H9BrClF2N3O2.C6H9ClO.C4H5BN2O2/c26-25(27,28)36-20-5-3-18(4-6-20)32-24(35)16-8-21(17-10-29-13-30-11-17)23-22(9-16)31-14-33(23)12-19(34)7-15-1-2-15;22-17-8-13(20(30)27-14-3-5-16(6-4-14)31-21(23,24)25)9-18-19(17)28(11-26-18)10-15(29)7-12-1-2-12;16-11-5-8(6-12-13(11)21-7-20-12)14(23)22-9-1-3-10(4-2-9)24-15(17,18)19;7-4-6(8)3-5-1-2-5;8-5(9)4-1-6-3-7-2-4/h3-6,8-11,13-15H,1-2,7,12H2,(H,32,35);3-6,8-9,11-12H,1-2,7,10H2,(H,27,30);1-7H,(H,20,21)(H,22,23);5H,1-4H2;1-3,8-9H. The van der Waals surface area contributed by atoms with Crippen molar-refractivity contribution >= 4 is 176 Å². The second-order valence-electron chi connectivity index (χ2n) is 24.7. The van der Waals surface area contributed by atoms with Crippen LogP contribution in [0.3, 0.4) is 0 Å². The number of nitrogens with zero attached hydrogens (tertiary/aromatic N) is 9. The fraction of sp³-hybridized carbons (Fsp3) is 0.254. The number of rotatable bonds is 25. The van der Waals surface area contributed by atoms with Gasteiger partial charge in [-0.3, -0.25) is 28.8 Å². The van der Waals surface area contributed by atoms with Gasteiger partial charge in [-0.15, -0.1) is 37.9 Å². The Morgan fingerprint density at radius 3 is 1.30 bits per heavy atom. The molecular weight excluding hydrogens is 1640 g/mol. The number of Topliss-reactive ketones (excluding diaryl/α,β-unsaturated/α-hetero) is 3. The number of alkyl halides is 10. The zero-order valence-corrected chi connectivity index (χ0v) is 62.2. The Morgan fingerprint density at radius 1 is 0.519 bits per heavy atom. The monoisotopic (exact) mass is 1690 g/mol. The molecule has 3 saturated carbocycles. The third-order valence-electron chi connectivity index (χ3n) is 15.9.